The lowest BCUT2D eigenvalue weighted by Crippen LogP contribution is -2.36. The first-order chi connectivity index (χ1) is 7.66. The normalized spacial score (nSPS) is 17.4. The van der Waals surface area contributed by atoms with E-state index in [-0.39, 0.29) is 5.91 Å². The second kappa shape index (κ2) is 4.10. The number of hydrogen-bond donors (Lipinski definition) is 0. The lowest BCUT2D eigenvalue weighted by Gasteiger charge is -2.25. The molecule has 1 aliphatic rings. The third-order valence-electron chi connectivity index (χ3n) is 2.65. The van der Waals surface area contributed by atoms with Crippen molar-refractivity contribution in [3.63, 3.8) is 0 Å². The third-order valence-corrected chi connectivity index (χ3v) is 2.65. The zero-order valence-corrected chi connectivity index (χ0v) is 9.90. The molecule has 1 aromatic rings. The number of amides is 1. The van der Waals surface area contributed by atoms with Crippen LogP contribution >= 0.6 is 0 Å². The largest absolute Gasteiger partial charge is 0.273 e. The Hall–Kier alpha value is -1.61. The number of carbonyl (C=O) groups excluding carboxylic acids is 1. The molecule has 0 aliphatic carbocycles. The highest BCUT2D eigenvalue weighted by Crippen LogP contribution is 2.33. The minimum absolute atomic E-state index is 0.0558. The van der Waals surface area contributed by atoms with Gasteiger partial charge in [0.05, 0.1) is 11.3 Å². The van der Waals surface area contributed by atoms with Gasteiger partial charge in [-0.15, -0.1) is 0 Å². The Kier molecular flexibility index (Phi) is 2.79. The third kappa shape index (κ3) is 1.53. The minimum Gasteiger partial charge on any atom is -0.267 e. The van der Waals surface area contributed by atoms with Crippen LogP contribution in [0.25, 0.3) is 5.70 Å². The Morgan fingerprint density at radius 3 is 2.44 bits per heavy atom. The number of hydrazine groups is 1. The Balaban J connectivity index is 2.57. The van der Waals surface area contributed by atoms with Gasteiger partial charge in [-0.25, -0.2) is 10.0 Å². The van der Waals surface area contributed by atoms with Gasteiger partial charge < -0.3 is 0 Å². The van der Waals surface area contributed by atoms with E-state index in [9.17, 15) is 4.79 Å². The lowest BCUT2D eigenvalue weighted by molar-refractivity contribution is 0.0520. The van der Waals surface area contributed by atoms with Crippen LogP contribution in [0.2, 0.25) is 0 Å². The van der Waals surface area contributed by atoms with Crippen molar-refractivity contribution in [3.05, 3.63) is 41.5 Å². The van der Waals surface area contributed by atoms with E-state index in [1.54, 1.807) is 5.01 Å². The second-order valence-corrected chi connectivity index (χ2v) is 4.01. The van der Waals surface area contributed by atoms with Gasteiger partial charge in [0, 0.05) is 19.7 Å². The van der Waals surface area contributed by atoms with Gasteiger partial charge in [0.25, 0.3) is 5.91 Å². The van der Waals surface area contributed by atoms with Gasteiger partial charge in [0.1, 0.15) is 0 Å². The van der Waals surface area contributed by atoms with Crippen molar-refractivity contribution in [2.75, 3.05) is 14.1 Å². The number of hydrogen-bond acceptors (Lipinski definition) is 2. The summed E-state index contributed by atoms with van der Waals surface area (Å²) in [5, 5.41) is 3.54. The van der Waals surface area contributed by atoms with Crippen LogP contribution in [0, 0.1) is 0 Å². The lowest BCUT2D eigenvalue weighted by atomic mass is 10.1. The Morgan fingerprint density at radius 1 is 1.25 bits per heavy atom. The van der Waals surface area contributed by atoms with E-state index >= 15 is 0 Å². The summed E-state index contributed by atoms with van der Waals surface area (Å²) in [7, 11) is 3.76. The molecule has 0 atom stereocenters. The van der Waals surface area contributed by atoms with Crippen molar-refractivity contribution in [2.24, 2.45) is 0 Å². The molecule has 0 saturated carbocycles. The van der Waals surface area contributed by atoms with Crippen molar-refractivity contribution in [1.82, 2.24) is 10.0 Å². The Morgan fingerprint density at radius 2 is 1.88 bits per heavy atom. The van der Waals surface area contributed by atoms with Crippen molar-refractivity contribution < 1.29 is 4.79 Å². The first kappa shape index (κ1) is 10.9. The summed E-state index contributed by atoms with van der Waals surface area (Å²) in [5.41, 5.74) is 2.81. The first-order valence-electron chi connectivity index (χ1n) is 5.48. The highest BCUT2D eigenvalue weighted by atomic mass is 16.2. The van der Waals surface area contributed by atoms with Crippen LogP contribution < -0.4 is 0 Å². The van der Waals surface area contributed by atoms with Gasteiger partial charge >= 0.3 is 0 Å². The zero-order chi connectivity index (χ0) is 11.7. The van der Waals surface area contributed by atoms with E-state index < -0.39 is 0 Å². The fraction of sp³-hybridized carbons (Fsp3) is 0.308. The number of benzene rings is 1. The molecule has 1 aromatic carbocycles. The van der Waals surface area contributed by atoms with Gasteiger partial charge in [-0.1, -0.05) is 31.2 Å². The average Bonchev–Trinajstić information content (AvgIpc) is 2.54. The van der Waals surface area contributed by atoms with E-state index in [4.69, 9.17) is 0 Å². The molecule has 84 valence electrons. The smallest absolute Gasteiger partial charge is 0.267 e. The monoisotopic (exact) mass is 216 g/mol. The topological polar surface area (TPSA) is 23.6 Å². The number of allylic oxidation sites excluding steroid dienone is 1. The molecule has 0 spiro atoms. The molecule has 0 aromatic heterocycles. The van der Waals surface area contributed by atoms with Crippen molar-refractivity contribution >= 4 is 11.6 Å². The molecular weight excluding hydrogens is 200 g/mol. The van der Waals surface area contributed by atoms with Crippen LogP contribution in [0.5, 0.6) is 0 Å². The predicted octanol–water partition coefficient (Wildman–Crippen LogP) is 2.37. The highest BCUT2D eigenvalue weighted by Gasteiger charge is 2.32. The molecule has 0 unspecified atom stereocenters. The molecule has 2 rings (SSSR count). The van der Waals surface area contributed by atoms with Crippen molar-refractivity contribution in [3.8, 4) is 0 Å². The molecule has 0 fully saturated rings. The van der Waals surface area contributed by atoms with Crippen LogP contribution in [-0.2, 0) is 0 Å². The van der Waals surface area contributed by atoms with Gasteiger partial charge in [-0.2, -0.15) is 0 Å². The molecule has 0 radical (unpaired) electrons. The molecule has 1 amide bonds. The summed E-state index contributed by atoms with van der Waals surface area (Å²) >= 11 is 0. The molecule has 3 nitrogen and oxygen atoms in total. The van der Waals surface area contributed by atoms with Crippen molar-refractivity contribution in [1.29, 1.82) is 0 Å². The van der Waals surface area contributed by atoms with Crippen LogP contribution in [0.4, 0.5) is 0 Å². The van der Waals surface area contributed by atoms with Gasteiger partial charge in [-0.05, 0) is 12.5 Å². The molecule has 1 heterocycles. The average molecular weight is 216 g/mol. The highest BCUT2D eigenvalue weighted by molar-refractivity contribution is 6.08. The summed E-state index contributed by atoms with van der Waals surface area (Å²) in [6.07, 6.45) is 3.00. The molecule has 3 heteroatoms. The van der Waals surface area contributed by atoms with Crippen LogP contribution in [0.1, 0.15) is 29.3 Å². The van der Waals surface area contributed by atoms with E-state index in [1.807, 2.05) is 43.4 Å². The summed E-state index contributed by atoms with van der Waals surface area (Å²) in [5.74, 6) is 0.0558. The number of fused-ring (bicyclic) bond motifs is 1. The predicted molar refractivity (Wildman–Crippen MR) is 64.6 cm³/mol. The molecule has 0 N–H and O–H groups in total. The number of nitrogens with zero attached hydrogens (tertiary/aromatic N) is 2. The fourth-order valence-corrected chi connectivity index (χ4v) is 2.02. The van der Waals surface area contributed by atoms with Gasteiger partial charge in [0.2, 0.25) is 0 Å². The summed E-state index contributed by atoms with van der Waals surface area (Å²) in [6, 6.07) is 7.75. The zero-order valence-electron chi connectivity index (χ0n) is 9.90. The second-order valence-electron chi connectivity index (χ2n) is 4.01. The molecule has 0 bridgehead atoms. The SMILES string of the molecule is CC/C=C1\c2ccccc2C(=O)N1N(C)C. The number of carbonyl (C=O) groups is 1. The molecule has 1 aliphatic heterocycles. The van der Waals surface area contributed by atoms with Crippen molar-refractivity contribution in [2.45, 2.75) is 13.3 Å². The summed E-state index contributed by atoms with van der Waals surface area (Å²) in [6.45, 7) is 2.08. The van der Waals surface area contributed by atoms with Gasteiger partial charge in [-0.3, -0.25) is 4.79 Å². The van der Waals surface area contributed by atoms with E-state index in [0.717, 1.165) is 23.2 Å². The fourth-order valence-electron chi connectivity index (χ4n) is 2.02. The Labute approximate surface area is 95.9 Å². The summed E-state index contributed by atoms with van der Waals surface area (Å²) < 4.78 is 0. The Bertz CT molecular complexity index is 449. The van der Waals surface area contributed by atoms with Crippen LogP contribution in [-0.4, -0.2) is 30.0 Å². The number of rotatable bonds is 2. The van der Waals surface area contributed by atoms with E-state index in [0.29, 0.717) is 0 Å². The maximum Gasteiger partial charge on any atom is 0.273 e. The maximum atomic E-state index is 12.2. The standard InChI is InChI=1S/C13H16N2O/c1-4-7-12-10-8-5-6-9-11(10)13(16)15(12)14(2)3/h5-9H,4H2,1-3H3/b12-7+. The maximum absolute atomic E-state index is 12.2. The quantitative estimate of drug-likeness (QED) is 0.757. The van der Waals surface area contributed by atoms with E-state index in [2.05, 4.69) is 13.0 Å². The van der Waals surface area contributed by atoms with Crippen LogP contribution in [0.3, 0.4) is 0 Å². The molecular formula is C13H16N2O. The van der Waals surface area contributed by atoms with E-state index in [1.165, 1.54) is 0 Å². The van der Waals surface area contributed by atoms with Crippen LogP contribution in [0.15, 0.2) is 30.3 Å². The molecule has 16 heavy (non-hydrogen) atoms. The first-order valence-corrected chi connectivity index (χ1v) is 5.48. The summed E-state index contributed by atoms with van der Waals surface area (Å²) in [4.78, 5) is 12.2. The molecule has 0 saturated heterocycles. The minimum atomic E-state index is 0.0558. The van der Waals surface area contributed by atoms with Gasteiger partial charge in [0.15, 0.2) is 0 Å².